The van der Waals surface area contributed by atoms with Crippen LogP contribution in [0, 0.1) is 0 Å². The van der Waals surface area contributed by atoms with E-state index in [0.717, 1.165) is 0 Å². The maximum Gasteiger partial charge on any atom is 0.184 e. The normalized spacial score (nSPS) is 44.4. The molecule has 2 saturated heterocycles. The number of hydrogen-bond donors (Lipinski definition) is 0. The van der Waals surface area contributed by atoms with Gasteiger partial charge in [0.1, 0.15) is 6.10 Å². The first-order valence-electron chi connectivity index (χ1n) is 3.71. The molecule has 2 fully saturated rings. The molecule has 2 aliphatic heterocycles. The molecule has 2 heterocycles. The van der Waals surface area contributed by atoms with Gasteiger partial charge in [0.2, 0.25) is 0 Å². The van der Waals surface area contributed by atoms with E-state index in [1.54, 1.807) is 7.11 Å². The fraction of sp³-hybridized carbons (Fsp3) is 1.00. The predicted molar refractivity (Wildman–Crippen MR) is 38.3 cm³/mol. The number of nitrogens with zero attached hydrogens (tertiary/aromatic N) is 3. The summed E-state index contributed by atoms with van der Waals surface area (Å²) in [6, 6.07) is -0.222. The van der Waals surface area contributed by atoms with Crippen molar-refractivity contribution in [1.29, 1.82) is 0 Å². The van der Waals surface area contributed by atoms with E-state index >= 15 is 0 Å². The molecule has 0 spiro atoms. The third kappa shape index (κ3) is 0.971. The van der Waals surface area contributed by atoms with Crippen LogP contribution in [-0.2, 0) is 14.2 Å². The third-order valence-corrected chi connectivity index (χ3v) is 2.16. The van der Waals surface area contributed by atoms with Crippen LogP contribution >= 0.6 is 0 Å². The summed E-state index contributed by atoms with van der Waals surface area (Å²) in [7, 11) is 1.54. The van der Waals surface area contributed by atoms with Gasteiger partial charge in [-0.3, -0.25) is 0 Å². The highest BCUT2D eigenvalue weighted by Crippen LogP contribution is 2.33. The third-order valence-electron chi connectivity index (χ3n) is 2.16. The summed E-state index contributed by atoms with van der Waals surface area (Å²) in [6.45, 7) is 0.494. The summed E-state index contributed by atoms with van der Waals surface area (Å²) in [4.78, 5) is 2.74. The number of rotatable bonds is 2. The largest absolute Gasteiger partial charge is 0.370 e. The molecule has 4 atom stereocenters. The van der Waals surface area contributed by atoms with Gasteiger partial charge in [-0.25, -0.2) is 0 Å². The molecule has 0 saturated carbocycles. The topological polar surface area (TPSA) is 76.5 Å². The van der Waals surface area contributed by atoms with Gasteiger partial charge in [-0.15, -0.1) is 0 Å². The highest BCUT2D eigenvalue weighted by Gasteiger charge is 2.50. The molecular formula is C6H9N3O3. The molecule has 0 amide bonds. The van der Waals surface area contributed by atoms with E-state index in [4.69, 9.17) is 19.7 Å². The molecule has 0 aromatic rings. The van der Waals surface area contributed by atoms with Gasteiger partial charge in [0.05, 0.1) is 18.8 Å². The van der Waals surface area contributed by atoms with Crippen LogP contribution < -0.4 is 0 Å². The quantitative estimate of drug-likeness (QED) is 0.343. The molecule has 2 aliphatic rings. The average Bonchev–Trinajstić information content (AvgIpc) is 2.63. The lowest BCUT2D eigenvalue weighted by atomic mass is 10.2. The van der Waals surface area contributed by atoms with Crippen LogP contribution in [-0.4, -0.2) is 38.3 Å². The first-order chi connectivity index (χ1) is 5.86. The zero-order valence-corrected chi connectivity index (χ0v) is 6.58. The van der Waals surface area contributed by atoms with Crippen LogP contribution in [0.4, 0.5) is 0 Å². The molecule has 0 unspecified atom stereocenters. The monoisotopic (exact) mass is 171 g/mol. The van der Waals surface area contributed by atoms with Gasteiger partial charge in [-0.1, -0.05) is 5.11 Å². The van der Waals surface area contributed by atoms with Crippen LogP contribution in [0.25, 0.3) is 10.4 Å². The Balaban J connectivity index is 2.13. The van der Waals surface area contributed by atoms with E-state index in [1.807, 2.05) is 0 Å². The van der Waals surface area contributed by atoms with Crippen LogP contribution in [0.2, 0.25) is 0 Å². The van der Waals surface area contributed by atoms with E-state index in [2.05, 4.69) is 10.0 Å². The summed E-state index contributed by atoms with van der Waals surface area (Å²) >= 11 is 0. The Morgan fingerprint density at radius 2 is 2.50 bits per heavy atom. The molecule has 12 heavy (non-hydrogen) atoms. The van der Waals surface area contributed by atoms with E-state index in [0.29, 0.717) is 6.61 Å². The number of fused-ring (bicyclic) bond motifs is 2. The minimum atomic E-state index is -0.376. The standard InChI is InChI=1S/C6H9N3O3/c1-10-6-5-4(8-9-7)3(12-6)2-11-5/h3-6H,2H2,1H3/t3-,4-,5+,6+/m0/s1. The molecule has 0 aliphatic carbocycles. The second kappa shape index (κ2) is 2.91. The summed E-state index contributed by atoms with van der Waals surface area (Å²) in [5.41, 5.74) is 8.26. The Morgan fingerprint density at radius 3 is 3.08 bits per heavy atom. The van der Waals surface area contributed by atoms with Crippen molar-refractivity contribution in [3.05, 3.63) is 10.4 Å². The van der Waals surface area contributed by atoms with Crippen molar-refractivity contribution < 1.29 is 14.2 Å². The number of hydrogen-bond acceptors (Lipinski definition) is 4. The van der Waals surface area contributed by atoms with Crippen molar-refractivity contribution in [3.8, 4) is 0 Å². The van der Waals surface area contributed by atoms with Crippen molar-refractivity contribution in [3.63, 3.8) is 0 Å². The van der Waals surface area contributed by atoms with Crippen LogP contribution in [0.5, 0.6) is 0 Å². The molecule has 2 bridgehead atoms. The highest BCUT2D eigenvalue weighted by atomic mass is 16.7. The molecule has 0 N–H and O–H groups in total. The fourth-order valence-corrected chi connectivity index (χ4v) is 1.61. The maximum absolute atomic E-state index is 8.26. The predicted octanol–water partition coefficient (Wildman–Crippen LogP) is 0.435. The minimum absolute atomic E-state index is 0.129. The van der Waals surface area contributed by atoms with Gasteiger partial charge in [0, 0.05) is 12.0 Å². The van der Waals surface area contributed by atoms with Crippen molar-refractivity contribution in [2.45, 2.75) is 24.5 Å². The van der Waals surface area contributed by atoms with Gasteiger partial charge >= 0.3 is 0 Å². The summed E-state index contributed by atoms with van der Waals surface area (Å²) < 4.78 is 15.7. The van der Waals surface area contributed by atoms with Crippen LogP contribution in [0.15, 0.2) is 5.11 Å². The Morgan fingerprint density at radius 1 is 1.67 bits per heavy atom. The highest BCUT2D eigenvalue weighted by molar-refractivity contribution is 4.98. The van der Waals surface area contributed by atoms with Crippen molar-refractivity contribution in [1.82, 2.24) is 0 Å². The Kier molecular flexibility index (Phi) is 1.90. The summed E-state index contributed by atoms with van der Waals surface area (Å²) in [5, 5.41) is 3.60. The molecule has 0 aromatic carbocycles. The second-order valence-electron chi connectivity index (χ2n) is 2.77. The second-order valence-corrected chi connectivity index (χ2v) is 2.77. The first kappa shape index (κ1) is 7.82. The first-order valence-corrected chi connectivity index (χ1v) is 3.71. The Bertz CT molecular complexity index is 228. The zero-order chi connectivity index (χ0) is 8.55. The Hall–Kier alpha value is -0.810. The lowest BCUT2D eigenvalue weighted by Crippen LogP contribution is -2.31. The lowest BCUT2D eigenvalue weighted by molar-refractivity contribution is -0.202. The van der Waals surface area contributed by atoms with Gasteiger partial charge in [-0.2, -0.15) is 0 Å². The van der Waals surface area contributed by atoms with E-state index < -0.39 is 0 Å². The molecule has 6 nitrogen and oxygen atoms in total. The van der Waals surface area contributed by atoms with Crippen molar-refractivity contribution in [2.24, 2.45) is 5.11 Å². The zero-order valence-electron chi connectivity index (χ0n) is 6.58. The van der Waals surface area contributed by atoms with E-state index in [9.17, 15) is 0 Å². The smallest absolute Gasteiger partial charge is 0.184 e. The van der Waals surface area contributed by atoms with Gasteiger partial charge in [0.15, 0.2) is 6.29 Å². The number of methoxy groups -OCH3 is 1. The number of ether oxygens (including phenoxy) is 3. The van der Waals surface area contributed by atoms with Gasteiger partial charge in [0.25, 0.3) is 0 Å². The van der Waals surface area contributed by atoms with Crippen molar-refractivity contribution >= 4 is 0 Å². The molecule has 0 radical (unpaired) electrons. The van der Waals surface area contributed by atoms with Crippen LogP contribution in [0.1, 0.15) is 0 Å². The van der Waals surface area contributed by atoms with Crippen molar-refractivity contribution in [2.75, 3.05) is 13.7 Å². The molecular weight excluding hydrogens is 162 g/mol. The summed E-state index contributed by atoms with van der Waals surface area (Å²) in [6.07, 6.45) is -0.731. The molecule has 2 rings (SSSR count). The van der Waals surface area contributed by atoms with E-state index in [1.165, 1.54) is 0 Å². The van der Waals surface area contributed by atoms with Gasteiger partial charge in [-0.05, 0) is 5.53 Å². The minimum Gasteiger partial charge on any atom is -0.370 e. The number of azide groups is 1. The fourth-order valence-electron chi connectivity index (χ4n) is 1.61. The molecule has 66 valence electrons. The lowest BCUT2D eigenvalue weighted by Gasteiger charge is -2.20. The van der Waals surface area contributed by atoms with E-state index in [-0.39, 0.29) is 24.5 Å². The summed E-state index contributed by atoms with van der Waals surface area (Å²) in [5.74, 6) is 0. The average molecular weight is 171 g/mol. The molecule has 0 aromatic heterocycles. The van der Waals surface area contributed by atoms with Crippen LogP contribution in [0.3, 0.4) is 0 Å². The van der Waals surface area contributed by atoms with Gasteiger partial charge < -0.3 is 14.2 Å². The Labute approximate surface area is 69.0 Å². The SMILES string of the molecule is CO[C@@H]1O[C@H]2CO[C@@H]1[C@H]2N=[N+]=[N-]. The maximum atomic E-state index is 8.26. The molecule has 6 heteroatoms.